The van der Waals surface area contributed by atoms with Gasteiger partial charge in [0.2, 0.25) is 0 Å². The number of hydrogen-bond acceptors (Lipinski definition) is 3. The molecule has 4 heteroatoms. The molecule has 3 heterocycles. The molecule has 1 aliphatic heterocycles. The molecule has 3 aromatic rings. The van der Waals surface area contributed by atoms with Gasteiger partial charge in [0.1, 0.15) is 0 Å². The first kappa shape index (κ1) is 11.7. The average molecular weight is 281 g/mol. The normalized spacial score (nSPS) is 13.8. The average Bonchev–Trinajstić information content (AvgIpc) is 3.17. The molecule has 0 saturated heterocycles. The van der Waals surface area contributed by atoms with E-state index in [4.69, 9.17) is 0 Å². The molecule has 3 nitrogen and oxygen atoms in total. The number of thiophene rings is 1. The summed E-state index contributed by atoms with van der Waals surface area (Å²) >= 11 is 1.75. The number of benzene rings is 1. The maximum atomic E-state index is 4.32. The molecule has 0 spiro atoms. The van der Waals surface area contributed by atoms with Crippen LogP contribution in [0.1, 0.15) is 12.0 Å². The molecule has 1 aliphatic rings. The van der Waals surface area contributed by atoms with Gasteiger partial charge in [0, 0.05) is 17.9 Å². The van der Waals surface area contributed by atoms with Gasteiger partial charge in [-0.1, -0.05) is 6.07 Å². The van der Waals surface area contributed by atoms with E-state index < -0.39 is 0 Å². The third-order valence-electron chi connectivity index (χ3n) is 3.72. The Morgan fingerprint density at radius 3 is 3.15 bits per heavy atom. The van der Waals surface area contributed by atoms with Crippen LogP contribution in [0.3, 0.4) is 0 Å². The fourth-order valence-corrected chi connectivity index (χ4v) is 3.45. The van der Waals surface area contributed by atoms with Crippen LogP contribution in [0.25, 0.3) is 16.3 Å². The monoisotopic (exact) mass is 281 g/mol. The van der Waals surface area contributed by atoms with E-state index in [-0.39, 0.29) is 0 Å². The van der Waals surface area contributed by atoms with Gasteiger partial charge < -0.3 is 5.32 Å². The van der Waals surface area contributed by atoms with Gasteiger partial charge in [-0.25, -0.2) is 4.98 Å². The van der Waals surface area contributed by atoms with Crippen molar-refractivity contribution >= 4 is 17.0 Å². The number of nitrogens with one attached hydrogen (secondary N) is 1. The zero-order chi connectivity index (χ0) is 13.4. The number of hydrogen-bond donors (Lipinski definition) is 1. The summed E-state index contributed by atoms with van der Waals surface area (Å²) in [6.07, 6.45) is 6.19. The number of aryl methyl sites for hydroxylation is 1. The van der Waals surface area contributed by atoms with Crippen LogP contribution in [0, 0.1) is 0 Å². The van der Waals surface area contributed by atoms with Gasteiger partial charge in [-0.05, 0) is 48.1 Å². The van der Waals surface area contributed by atoms with Crippen LogP contribution in [-0.4, -0.2) is 16.1 Å². The lowest BCUT2D eigenvalue weighted by Gasteiger charge is -2.19. The largest absolute Gasteiger partial charge is 0.385 e. The Balaban J connectivity index is 1.80. The predicted octanol–water partition coefficient (Wildman–Crippen LogP) is 3.96. The highest BCUT2D eigenvalue weighted by molar-refractivity contribution is 7.13. The zero-order valence-electron chi connectivity index (χ0n) is 11.0. The number of aromatic nitrogens is 2. The molecule has 100 valence electrons. The first-order valence-electron chi connectivity index (χ1n) is 6.85. The van der Waals surface area contributed by atoms with Gasteiger partial charge in [-0.3, -0.25) is 4.57 Å². The van der Waals surface area contributed by atoms with Crippen molar-refractivity contribution in [1.82, 2.24) is 9.55 Å². The SMILES string of the molecule is c1csc(-c2cncn2-c2ccc3c(c2)CCCN3)c1. The molecule has 4 rings (SSSR count). The topological polar surface area (TPSA) is 29.9 Å². The maximum absolute atomic E-state index is 4.32. The minimum absolute atomic E-state index is 1.08. The molecule has 1 aromatic carbocycles. The van der Waals surface area contributed by atoms with Crippen LogP contribution in [0.5, 0.6) is 0 Å². The van der Waals surface area contributed by atoms with Gasteiger partial charge in [0.15, 0.2) is 0 Å². The molecule has 0 atom stereocenters. The van der Waals surface area contributed by atoms with Gasteiger partial charge >= 0.3 is 0 Å². The van der Waals surface area contributed by atoms with Crippen LogP contribution in [0.4, 0.5) is 5.69 Å². The zero-order valence-corrected chi connectivity index (χ0v) is 11.9. The van der Waals surface area contributed by atoms with E-state index in [1.165, 1.54) is 28.2 Å². The third kappa shape index (κ3) is 1.93. The second-order valence-corrected chi connectivity index (χ2v) is 5.95. The Bertz CT molecular complexity index is 728. The smallest absolute Gasteiger partial charge is 0.0997 e. The quantitative estimate of drug-likeness (QED) is 0.770. The van der Waals surface area contributed by atoms with E-state index in [0.29, 0.717) is 0 Å². The third-order valence-corrected chi connectivity index (χ3v) is 4.61. The van der Waals surface area contributed by atoms with Crippen molar-refractivity contribution < 1.29 is 0 Å². The minimum atomic E-state index is 1.08. The summed E-state index contributed by atoms with van der Waals surface area (Å²) in [4.78, 5) is 5.57. The highest BCUT2D eigenvalue weighted by Gasteiger charge is 2.12. The molecular weight excluding hydrogens is 266 g/mol. The fourth-order valence-electron chi connectivity index (χ4n) is 2.72. The van der Waals surface area contributed by atoms with Crippen LogP contribution in [0.15, 0.2) is 48.2 Å². The Hall–Kier alpha value is -2.07. The maximum Gasteiger partial charge on any atom is 0.0997 e. The number of anilines is 1. The van der Waals surface area contributed by atoms with Gasteiger partial charge in [0.05, 0.1) is 23.1 Å². The Morgan fingerprint density at radius 2 is 2.25 bits per heavy atom. The molecule has 20 heavy (non-hydrogen) atoms. The molecular formula is C16H15N3S. The van der Waals surface area contributed by atoms with Crippen molar-refractivity contribution in [2.75, 3.05) is 11.9 Å². The van der Waals surface area contributed by atoms with Crippen LogP contribution in [0.2, 0.25) is 0 Å². The van der Waals surface area contributed by atoms with E-state index in [1.54, 1.807) is 11.3 Å². The van der Waals surface area contributed by atoms with E-state index >= 15 is 0 Å². The minimum Gasteiger partial charge on any atom is -0.385 e. The highest BCUT2D eigenvalue weighted by atomic mass is 32.1. The van der Waals surface area contributed by atoms with Crippen LogP contribution < -0.4 is 5.32 Å². The van der Waals surface area contributed by atoms with E-state index in [1.807, 2.05) is 12.5 Å². The summed E-state index contributed by atoms with van der Waals surface area (Å²) in [5.74, 6) is 0. The van der Waals surface area contributed by atoms with E-state index in [9.17, 15) is 0 Å². The summed E-state index contributed by atoms with van der Waals surface area (Å²) in [5, 5.41) is 5.56. The summed E-state index contributed by atoms with van der Waals surface area (Å²) in [6.45, 7) is 1.08. The molecule has 0 bridgehead atoms. The molecule has 0 amide bonds. The Kier molecular flexibility index (Phi) is 2.81. The molecule has 0 fully saturated rings. The molecule has 0 saturated carbocycles. The van der Waals surface area contributed by atoms with Gasteiger partial charge in [-0.2, -0.15) is 0 Å². The molecule has 1 N–H and O–H groups in total. The lowest BCUT2D eigenvalue weighted by Crippen LogP contribution is -2.12. The Labute approximate surface area is 121 Å². The number of fused-ring (bicyclic) bond motifs is 1. The number of rotatable bonds is 2. The van der Waals surface area contributed by atoms with Crippen LogP contribution in [-0.2, 0) is 6.42 Å². The van der Waals surface area contributed by atoms with Crippen molar-refractivity contribution in [2.24, 2.45) is 0 Å². The van der Waals surface area contributed by atoms with Crippen molar-refractivity contribution in [3.05, 3.63) is 53.8 Å². The number of imidazole rings is 1. The van der Waals surface area contributed by atoms with Gasteiger partial charge in [-0.15, -0.1) is 11.3 Å². The van der Waals surface area contributed by atoms with Crippen molar-refractivity contribution in [1.29, 1.82) is 0 Å². The number of nitrogens with zero attached hydrogens (tertiary/aromatic N) is 2. The summed E-state index contributed by atoms with van der Waals surface area (Å²) in [5.41, 5.74) is 5.02. The van der Waals surface area contributed by atoms with E-state index in [2.05, 4.69) is 50.6 Å². The second kappa shape index (κ2) is 4.80. The van der Waals surface area contributed by atoms with Crippen LogP contribution >= 0.6 is 11.3 Å². The molecule has 2 aromatic heterocycles. The fraction of sp³-hybridized carbons (Fsp3) is 0.188. The molecule has 0 radical (unpaired) electrons. The van der Waals surface area contributed by atoms with Crippen molar-refractivity contribution in [2.45, 2.75) is 12.8 Å². The lowest BCUT2D eigenvalue weighted by molar-refractivity contribution is 0.828. The first-order chi connectivity index (χ1) is 9.92. The predicted molar refractivity (Wildman–Crippen MR) is 83.7 cm³/mol. The highest BCUT2D eigenvalue weighted by Crippen LogP contribution is 2.29. The molecule has 0 aliphatic carbocycles. The molecule has 0 unspecified atom stereocenters. The standard InChI is InChI=1S/C16H15N3S/c1-3-12-9-13(5-6-14(12)18-7-1)19-11-17-10-15(19)16-4-2-8-20-16/h2,4-6,8-11,18H,1,3,7H2. The Morgan fingerprint density at radius 1 is 1.25 bits per heavy atom. The second-order valence-electron chi connectivity index (χ2n) is 5.00. The summed E-state index contributed by atoms with van der Waals surface area (Å²) < 4.78 is 2.17. The van der Waals surface area contributed by atoms with E-state index in [0.717, 1.165) is 18.7 Å². The van der Waals surface area contributed by atoms with Gasteiger partial charge in [0.25, 0.3) is 0 Å². The lowest BCUT2D eigenvalue weighted by atomic mass is 10.0. The summed E-state index contributed by atoms with van der Waals surface area (Å²) in [7, 11) is 0. The van der Waals surface area contributed by atoms with Crippen molar-refractivity contribution in [3.8, 4) is 16.3 Å². The first-order valence-corrected chi connectivity index (χ1v) is 7.73. The van der Waals surface area contributed by atoms with Crippen molar-refractivity contribution in [3.63, 3.8) is 0 Å². The summed E-state index contributed by atoms with van der Waals surface area (Å²) in [6, 6.07) is 10.8.